The quantitative estimate of drug-likeness (QED) is 0.774. The highest BCUT2D eigenvalue weighted by atomic mass is 16.2. The third-order valence-electron chi connectivity index (χ3n) is 3.55. The average molecular weight is 231 g/mol. The molecule has 92 valence electrons. The molecule has 1 aromatic carbocycles. The molecule has 1 aromatic rings. The van der Waals surface area contributed by atoms with Crippen molar-refractivity contribution in [2.75, 3.05) is 6.54 Å². The molecule has 0 unspecified atom stereocenters. The topological polar surface area (TPSA) is 20.3 Å². The molecule has 0 N–H and O–H groups in total. The lowest BCUT2D eigenvalue weighted by Gasteiger charge is -2.22. The van der Waals surface area contributed by atoms with Gasteiger partial charge in [-0.05, 0) is 37.3 Å². The maximum Gasteiger partial charge on any atom is 0.254 e. The van der Waals surface area contributed by atoms with Crippen molar-refractivity contribution in [3.63, 3.8) is 0 Å². The number of amides is 1. The second-order valence-corrected chi connectivity index (χ2v) is 5.30. The minimum Gasteiger partial charge on any atom is -0.332 e. The minimum absolute atomic E-state index is 0.205. The summed E-state index contributed by atoms with van der Waals surface area (Å²) in [6.45, 7) is 7.46. The Bertz CT molecular complexity index is 411. The third kappa shape index (κ3) is 2.36. The summed E-state index contributed by atoms with van der Waals surface area (Å²) < 4.78 is 0. The molecule has 2 nitrogen and oxygen atoms in total. The number of rotatable bonds is 4. The summed E-state index contributed by atoms with van der Waals surface area (Å²) in [7, 11) is 0. The highest BCUT2D eigenvalue weighted by molar-refractivity contribution is 5.99. The maximum absolute atomic E-state index is 12.2. The predicted octanol–water partition coefficient (Wildman–Crippen LogP) is 3.64. The molecule has 17 heavy (non-hydrogen) atoms. The van der Waals surface area contributed by atoms with E-state index in [1.165, 1.54) is 12.0 Å². The van der Waals surface area contributed by atoms with Gasteiger partial charge in [0.05, 0.1) is 6.04 Å². The summed E-state index contributed by atoms with van der Waals surface area (Å²) in [6.07, 6.45) is 2.29. The first-order valence-electron chi connectivity index (χ1n) is 6.51. The molecular weight excluding hydrogens is 210 g/mol. The fourth-order valence-corrected chi connectivity index (χ4v) is 2.52. The number of carbonyl (C=O) groups is 1. The van der Waals surface area contributed by atoms with Crippen molar-refractivity contribution in [1.29, 1.82) is 0 Å². The van der Waals surface area contributed by atoms with Crippen molar-refractivity contribution in [3.05, 3.63) is 35.4 Å². The third-order valence-corrected chi connectivity index (χ3v) is 3.55. The lowest BCUT2D eigenvalue weighted by Crippen LogP contribution is -2.27. The van der Waals surface area contributed by atoms with Crippen molar-refractivity contribution in [2.24, 2.45) is 5.92 Å². The fraction of sp³-hybridized carbons (Fsp3) is 0.533. The zero-order valence-corrected chi connectivity index (χ0v) is 10.9. The zero-order valence-electron chi connectivity index (χ0n) is 10.9. The van der Waals surface area contributed by atoms with Gasteiger partial charge in [-0.15, -0.1) is 0 Å². The standard InChI is InChI=1S/C15H21NO/c1-11(2)7-6-10-16-12(3)13-8-4-5-9-14(13)15(16)17/h4-5,8-9,11-12H,6-7,10H2,1-3H3/t12-/m0/s1. The highest BCUT2D eigenvalue weighted by Crippen LogP contribution is 2.33. The second kappa shape index (κ2) is 4.91. The first kappa shape index (κ1) is 12.2. The summed E-state index contributed by atoms with van der Waals surface area (Å²) in [4.78, 5) is 14.2. The summed E-state index contributed by atoms with van der Waals surface area (Å²) in [6, 6.07) is 8.21. The Morgan fingerprint density at radius 1 is 1.29 bits per heavy atom. The van der Waals surface area contributed by atoms with E-state index in [1.54, 1.807) is 0 Å². The molecule has 1 aliphatic heterocycles. The Morgan fingerprint density at radius 2 is 2.00 bits per heavy atom. The van der Waals surface area contributed by atoms with Gasteiger partial charge in [0, 0.05) is 12.1 Å². The van der Waals surface area contributed by atoms with E-state index in [4.69, 9.17) is 0 Å². The monoisotopic (exact) mass is 231 g/mol. The van der Waals surface area contributed by atoms with Crippen LogP contribution in [-0.4, -0.2) is 17.4 Å². The number of hydrogen-bond donors (Lipinski definition) is 0. The summed E-state index contributed by atoms with van der Waals surface area (Å²) in [5, 5.41) is 0. The molecule has 0 aromatic heterocycles. The van der Waals surface area contributed by atoms with E-state index in [0.717, 1.165) is 18.5 Å². The zero-order chi connectivity index (χ0) is 12.4. The van der Waals surface area contributed by atoms with Crippen LogP contribution in [0.1, 0.15) is 55.6 Å². The molecule has 2 heteroatoms. The van der Waals surface area contributed by atoms with Gasteiger partial charge in [0.15, 0.2) is 0 Å². The van der Waals surface area contributed by atoms with Gasteiger partial charge in [-0.3, -0.25) is 4.79 Å². The predicted molar refractivity (Wildman–Crippen MR) is 70.0 cm³/mol. The van der Waals surface area contributed by atoms with Gasteiger partial charge in [-0.1, -0.05) is 32.0 Å². The molecule has 0 saturated carbocycles. The van der Waals surface area contributed by atoms with Crippen LogP contribution in [0.5, 0.6) is 0 Å². The van der Waals surface area contributed by atoms with E-state index in [2.05, 4.69) is 26.8 Å². The number of carbonyl (C=O) groups excluding carboxylic acids is 1. The molecule has 0 fully saturated rings. The average Bonchev–Trinajstić information content (AvgIpc) is 2.54. The number of benzene rings is 1. The molecule has 2 rings (SSSR count). The number of fused-ring (bicyclic) bond motifs is 1. The molecule has 0 bridgehead atoms. The lowest BCUT2D eigenvalue weighted by atomic mass is 10.1. The molecule has 0 radical (unpaired) electrons. The van der Waals surface area contributed by atoms with E-state index in [0.29, 0.717) is 5.92 Å². The molecule has 0 spiro atoms. The normalized spacial score (nSPS) is 18.9. The Kier molecular flexibility index (Phi) is 3.51. The number of nitrogens with zero attached hydrogens (tertiary/aromatic N) is 1. The molecule has 1 aliphatic rings. The first-order chi connectivity index (χ1) is 8.11. The van der Waals surface area contributed by atoms with Crippen molar-refractivity contribution in [3.8, 4) is 0 Å². The van der Waals surface area contributed by atoms with Crippen LogP contribution >= 0.6 is 0 Å². The smallest absolute Gasteiger partial charge is 0.254 e. The molecule has 0 aliphatic carbocycles. The van der Waals surface area contributed by atoms with Crippen LogP contribution in [0.3, 0.4) is 0 Å². The first-order valence-corrected chi connectivity index (χ1v) is 6.51. The Morgan fingerprint density at radius 3 is 2.65 bits per heavy atom. The van der Waals surface area contributed by atoms with E-state index in [9.17, 15) is 4.79 Å². The van der Waals surface area contributed by atoms with Gasteiger partial charge in [-0.25, -0.2) is 0 Å². The lowest BCUT2D eigenvalue weighted by molar-refractivity contribution is 0.0732. The van der Waals surface area contributed by atoms with Crippen molar-refractivity contribution >= 4 is 5.91 Å². The van der Waals surface area contributed by atoms with E-state index in [-0.39, 0.29) is 11.9 Å². The molecule has 0 saturated heterocycles. The van der Waals surface area contributed by atoms with Crippen LogP contribution < -0.4 is 0 Å². The Hall–Kier alpha value is -1.31. The van der Waals surface area contributed by atoms with E-state index < -0.39 is 0 Å². The van der Waals surface area contributed by atoms with Gasteiger partial charge in [0.1, 0.15) is 0 Å². The van der Waals surface area contributed by atoms with Crippen LogP contribution in [0.15, 0.2) is 24.3 Å². The van der Waals surface area contributed by atoms with Gasteiger partial charge >= 0.3 is 0 Å². The summed E-state index contributed by atoms with van der Waals surface area (Å²) >= 11 is 0. The SMILES string of the molecule is CC(C)CCCN1C(=O)c2ccccc2[C@@H]1C. The van der Waals surface area contributed by atoms with Crippen LogP contribution in [-0.2, 0) is 0 Å². The van der Waals surface area contributed by atoms with Crippen LogP contribution in [0.4, 0.5) is 0 Å². The van der Waals surface area contributed by atoms with Gasteiger partial charge in [0.25, 0.3) is 5.91 Å². The van der Waals surface area contributed by atoms with Crippen LogP contribution in [0, 0.1) is 5.92 Å². The Labute approximate surface area is 104 Å². The van der Waals surface area contributed by atoms with Crippen LogP contribution in [0.2, 0.25) is 0 Å². The largest absolute Gasteiger partial charge is 0.332 e. The minimum atomic E-state index is 0.205. The van der Waals surface area contributed by atoms with Gasteiger partial charge in [0.2, 0.25) is 0 Å². The number of hydrogen-bond acceptors (Lipinski definition) is 1. The van der Waals surface area contributed by atoms with Gasteiger partial charge < -0.3 is 4.90 Å². The molecular formula is C15H21NO. The summed E-state index contributed by atoms with van der Waals surface area (Å²) in [5.41, 5.74) is 2.08. The molecule has 1 heterocycles. The Balaban J connectivity index is 2.05. The van der Waals surface area contributed by atoms with Crippen molar-refractivity contribution in [2.45, 2.75) is 39.7 Å². The fourth-order valence-electron chi connectivity index (χ4n) is 2.52. The van der Waals surface area contributed by atoms with E-state index in [1.807, 2.05) is 23.1 Å². The maximum atomic E-state index is 12.2. The van der Waals surface area contributed by atoms with E-state index >= 15 is 0 Å². The molecule has 1 atom stereocenters. The highest BCUT2D eigenvalue weighted by Gasteiger charge is 2.32. The second-order valence-electron chi connectivity index (χ2n) is 5.30. The van der Waals surface area contributed by atoms with Crippen molar-refractivity contribution in [1.82, 2.24) is 4.90 Å². The van der Waals surface area contributed by atoms with Crippen LogP contribution in [0.25, 0.3) is 0 Å². The molecule has 1 amide bonds. The van der Waals surface area contributed by atoms with Gasteiger partial charge in [-0.2, -0.15) is 0 Å². The summed E-state index contributed by atoms with van der Waals surface area (Å²) in [5.74, 6) is 0.919. The van der Waals surface area contributed by atoms with Crippen molar-refractivity contribution < 1.29 is 4.79 Å².